The Balaban J connectivity index is 1.82. The van der Waals surface area contributed by atoms with Gasteiger partial charge in [0.15, 0.2) is 0 Å². The third-order valence-electron chi connectivity index (χ3n) is 2.95. The topological polar surface area (TPSA) is 58.6 Å². The summed E-state index contributed by atoms with van der Waals surface area (Å²) in [6.07, 6.45) is 0.652. The van der Waals surface area contributed by atoms with Gasteiger partial charge in [-0.1, -0.05) is 28.1 Å². The van der Waals surface area contributed by atoms with Crippen molar-refractivity contribution in [2.75, 3.05) is 13.2 Å². The Morgan fingerprint density at radius 2 is 2.22 bits per heavy atom. The molecule has 1 aromatic carbocycles. The highest BCUT2D eigenvalue weighted by Crippen LogP contribution is 2.17. The Morgan fingerprint density at radius 1 is 1.50 bits per heavy atom. The highest BCUT2D eigenvalue weighted by atomic mass is 79.9. The molecule has 0 aromatic heterocycles. The van der Waals surface area contributed by atoms with Gasteiger partial charge in [-0.05, 0) is 30.5 Å². The van der Waals surface area contributed by atoms with Crippen LogP contribution in [0.15, 0.2) is 28.7 Å². The van der Waals surface area contributed by atoms with Gasteiger partial charge in [0.05, 0.1) is 6.10 Å². The SMILES string of the molecule is O=C(NCC(O)c1ccc(Br)cc1)C1CCCO1. The maximum Gasteiger partial charge on any atom is 0.249 e. The number of rotatable bonds is 4. The molecule has 0 bridgehead atoms. The van der Waals surface area contributed by atoms with Crippen LogP contribution in [0.4, 0.5) is 0 Å². The Morgan fingerprint density at radius 3 is 2.83 bits per heavy atom. The minimum Gasteiger partial charge on any atom is -0.387 e. The molecule has 1 heterocycles. The molecule has 0 aliphatic carbocycles. The van der Waals surface area contributed by atoms with E-state index in [1.54, 1.807) is 0 Å². The summed E-state index contributed by atoms with van der Waals surface area (Å²) < 4.78 is 6.23. The normalized spacial score (nSPS) is 20.7. The summed E-state index contributed by atoms with van der Waals surface area (Å²) in [6.45, 7) is 0.855. The highest BCUT2D eigenvalue weighted by Gasteiger charge is 2.23. The molecule has 5 heteroatoms. The molecule has 2 unspecified atom stereocenters. The van der Waals surface area contributed by atoms with E-state index in [9.17, 15) is 9.90 Å². The van der Waals surface area contributed by atoms with Gasteiger partial charge in [0.2, 0.25) is 5.91 Å². The molecule has 2 atom stereocenters. The number of carbonyl (C=O) groups is 1. The molecule has 1 aliphatic heterocycles. The van der Waals surface area contributed by atoms with Crippen molar-refractivity contribution < 1.29 is 14.6 Å². The van der Waals surface area contributed by atoms with Crippen LogP contribution in [0.25, 0.3) is 0 Å². The summed E-state index contributed by atoms with van der Waals surface area (Å²) in [7, 11) is 0. The van der Waals surface area contributed by atoms with E-state index in [1.165, 1.54) is 0 Å². The van der Waals surface area contributed by atoms with Crippen molar-refractivity contribution in [1.82, 2.24) is 5.32 Å². The Labute approximate surface area is 114 Å². The molecule has 2 N–H and O–H groups in total. The van der Waals surface area contributed by atoms with Crippen molar-refractivity contribution >= 4 is 21.8 Å². The van der Waals surface area contributed by atoms with Crippen LogP contribution in [0.1, 0.15) is 24.5 Å². The summed E-state index contributed by atoms with van der Waals surface area (Å²) >= 11 is 3.33. The first-order chi connectivity index (χ1) is 8.66. The van der Waals surface area contributed by atoms with E-state index in [4.69, 9.17) is 4.74 Å². The number of hydrogen-bond donors (Lipinski definition) is 2. The van der Waals surface area contributed by atoms with Gasteiger partial charge in [-0.2, -0.15) is 0 Å². The van der Waals surface area contributed by atoms with Gasteiger partial charge >= 0.3 is 0 Å². The number of carbonyl (C=O) groups excluding carboxylic acids is 1. The summed E-state index contributed by atoms with van der Waals surface area (Å²) in [6, 6.07) is 7.38. The van der Waals surface area contributed by atoms with Crippen LogP contribution < -0.4 is 5.32 Å². The lowest BCUT2D eigenvalue weighted by Gasteiger charge is -2.14. The van der Waals surface area contributed by atoms with Gasteiger partial charge in [0, 0.05) is 17.6 Å². The molecule has 1 aromatic rings. The van der Waals surface area contributed by atoms with Crippen LogP contribution in [0, 0.1) is 0 Å². The zero-order chi connectivity index (χ0) is 13.0. The lowest BCUT2D eigenvalue weighted by atomic mass is 10.1. The maximum atomic E-state index is 11.7. The summed E-state index contributed by atoms with van der Waals surface area (Å²) in [5, 5.41) is 12.6. The summed E-state index contributed by atoms with van der Waals surface area (Å²) in [5.41, 5.74) is 0.783. The van der Waals surface area contributed by atoms with Gasteiger partial charge in [-0.25, -0.2) is 0 Å². The second-order valence-corrected chi connectivity index (χ2v) is 5.23. The molecule has 1 fully saturated rings. The second-order valence-electron chi connectivity index (χ2n) is 4.31. The van der Waals surface area contributed by atoms with Crippen LogP contribution in [-0.4, -0.2) is 30.3 Å². The summed E-state index contributed by atoms with van der Waals surface area (Å²) in [4.78, 5) is 11.7. The van der Waals surface area contributed by atoms with Crippen LogP contribution in [-0.2, 0) is 9.53 Å². The predicted molar refractivity (Wildman–Crippen MR) is 71.1 cm³/mol. The van der Waals surface area contributed by atoms with E-state index < -0.39 is 6.10 Å². The smallest absolute Gasteiger partial charge is 0.249 e. The fourth-order valence-electron chi connectivity index (χ4n) is 1.90. The van der Waals surface area contributed by atoms with Gasteiger partial charge < -0.3 is 15.2 Å². The monoisotopic (exact) mass is 313 g/mol. The van der Waals surface area contributed by atoms with Crippen molar-refractivity contribution in [3.05, 3.63) is 34.3 Å². The molecule has 1 aliphatic rings. The third-order valence-corrected chi connectivity index (χ3v) is 3.48. The first-order valence-electron chi connectivity index (χ1n) is 5.99. The molecule has 98 valence electrons. The first kappa shape index (κ1) is 13.5. The fraction of sp³-hybridized carbons (Fsp3) is 0.462. The van der Waals surface area contributed by atoms with E-state index in [-0.39, 0.29) is 18.6 Å². The zero-order valence-corrected chi connectivity index (χ0v) is 11.5. The van der Waals surface area contributed by atoms with E-state index in [0.29, 0.717) is 6.61 Å². The third kappa shape index (κ3) is 3.54. The van der Waals surface area contributed by atoms with Crippen molar-refractivity contribution in [3.63, 3.8) is 0 Å². The molecular weight excluding hydrogens is 298 g/mol. The highest BCUT2D eigenvalue weighted by molar-refractivity contribution is 9.10. The van der Waals surface area contributed by atoms with Crippen LogP contribution >= 0.6 is 15.9 Å². The van der Waals surface area contributed by atoms with E-state index >= 15 is 0 Å². The molecule has 1 saturated heterocycles. The molecule has 0 saturated carbocycles. The largest absolute Gasteiger partial charge is 0.387 e. The Bertz CT molecular complexity index is 401. The average molecular weight is 314 g/mol. The first-order valence-corrected chi connectivity index (χ1v) is 6.79. The standard InChI is InChI=1S/C13H16BrNO3/c14-10-5-3-9(4-6-10)11(16)8-15-13(17)12-2-1-7-18-12/h3-6,11-12,16H,1-2,7-8H2,(H,15,17). The minimum atomic E-state index is -0.691. The number of halogens is 1. The Kier molecular flexibility index (Phi) is 4.74. The van der Waals surface area contributed by atoms with Crippen molar-refractivity contribution in [2.24, 2.45) is 0 Å². The second kappa shape index (κ2) is 6.31. The number of hydrogen-bond acceptors (Lipinski definition) is 3. The quantitative estimate of drug-likeness (QED) is 0.891. The number of aliphatic hydroxyl groups excluding tert-OH is 1. The van der Waals surface area contributed by atoms with Crippen LogP contribution in [0.3, 0.4) is 0 Å². The van der Waals surface area contributed by atoms with Gasteiger partial charge in [0.25, 0.3) is 0 Å². The number of ether oxygens (including phenoxy) is 1. The maximum absolute atomic E-state index is 11.7. The van der Waals surface area contributed by atoms with Gasteiger partial charge in [-0.15, -0.1) is 0 Å². The van der Waals surface area contributed by atoms with E-state index in [2.05, 4.69) is 21.2 Å². The molecule has 0 spiro atoms. The number of nitrogens with one attached hydrogen (secondary N) is 1. The van der Waals surface area contributed by atoms with Gasteiger partial charge in [0.1, 0.15) is 6.10 Å². The zero-order valence-electron chi connectivity index (χ0n) is 9.93. The molecule has 0 radical (unpaired) electrons. The fourth-order valence-corrected chi connectivity index (χ4v) is 2.16. The molecule has 18 heavy (non-hydrogen) atoms. The van der Waals surface area contributed by atoms with Crippen LogP contribution in [0.5, 0.6) is 0 Å². The van der Waals surface area contributed by atoms with Gasteiger partial charge in [-0.3, -0.25) is 4.79 Å². The van der Waals surface area contributed by atoms with E-state index in [1.807, 2.05) is 24.3 Å². The van der Waals surface area contributed by atoms with Crippen molar-refractivity contribution in [1.29, 1.82) is 0 Å². The predicted octanol–water partition coefficient (Wildman–Crippen LogP) is 1.78. The number of amides is 1. The lowest BCUT2D eigenvalue weighted by molar-refractivity contribution is -0.130. The molecule has 4 nitrogen and oxygen atoms in total. The van der Waals surface area contributed by atoms with Crippen LogP contribution in [0.2, 0.25) is 0 Å². The Hall–Kier alpha value is -0.910. The average Bonchev–Trinajstić information content (AvgIpc) is 2.90. The lowest BCUT2D eigenvalue weighted by Crippen LogP contribution is -2.36. The summed E-state index contributed by atoms with van der Waals surface area (Å²) in [5.74, 6) is -0.135. The van der Waals surface area contributed by atoms with Crippen molar-refractivity contribution in [2.45, 2.75) is 25.0 Å². The molecule has 2 rings (SSSR count). The minimum absolute atomic E-state index is 0.135. The molecule has 1 amide bonds. The van der Waals surface area contributed by atoms with Crippen molar-refractivity contribution in [3.8, 4) is 0 Å². The molecular formula is C13H16BrNO3. The number of aliphatic hydroxyl groups is 1. The van der Waals surface area contributed by atoms with E-state index in [0.717, 1.165) is 22.9 Å². The number of benzene rings is 1.